The van der Waals surface area contributed by atoms with Gasteiger partial charge in [-0.3, -0.25) is 4.79 Å². The van der Waals surface area contributed by atoms with E-state index < -0.39 is 11.7 Å². The van der Waals surface area contributed by atoms with Crippen LogP contribution < -0.4 is 10.6 Å². The second-order valence-electron chi connectivity index (χ2n) is 4.76. The molecule has 3 N–H and O–H groups in total. The van der Waals surface area contributed by atoms with E-state index >= 15 is 0 Å². The number of benzene rings is 1. The number of carbonyl (C=O) groups excluding carboxylic acids is 1. The zero-order valence-corrected chi connectivity index (χ0v) is 10.6. The van der Waals surface area contributed by atoms with Gasteiger partial charge in [-0.25, -0.2) is 0 Å². The van der Waals surface area contributed by atoms with Gasteiger partial charge >= 0.3 is 6.18 Å². The van der Waals surface area contributed by atoms with Gasteiger partial charge in [0.15, 0.2) is 0 Å². The number of hydrogen-bond donors (Lipinski definition) is 3. The minimum Gasteiger partial charge on any atom is -0.506 e. The van der Waals surface area contributed by atoms with Gasteiger partial charge in [-0.1, -0.05) is 0 Å². The summed E-state index contributed by atoms with van der Waals surface area (Å²) >= 11 is 0. The number of nitrogens with one attached hydrogen (secondary N) is 2. The second-order valence-corrected chi connectivity index (χ2v) is 4.76. The number of halogens is 3. The van der Waals surface area contributed by atoms with Crippen molar-refractivity contribution in [3.05, 3.63) is 23.8 Å². The maximum absolute atomic E-state index is 12.6. The summed E-state index contributed by atoms with van der Waals surface area (Å²) in [5, 5.41) is 15.0. The van der Waals surface area contributed by atoms with Gasteiger partial charge in [0.25, 0.3) is 0 Å². The number of amides is 1. The molecule has 1 aliphatic rings. The minimum atomic E-state index is -4.51. The highest BCUT2D eigenvalue weighted by Gasteiger charge is 2.31. The van der Waals surface area contributed by atoms with Crippen LogP contribution in [0.5, 0.6) is 5.75 Å². The lowest BCUT2D eigenvalue weighted by Gasteiger charge is -2.22. The van der Waals surface area contributed by atoms with E-state index in [2.05, 4.69) is 10.6 Å². The van der Waals surface area contributed by atoms with Gasteiger partial charge in [0.1, 0.15) is 5.75 Å². The van der Waals surface area contributed by atoms with E-state index in [0.717, 1.165) is 31.2 Å². The Kier molecular flexibility index (Phi) is 4.17. The molecule has 0 unspecified atom stereocenters. The summed E-state index contributed by atoms with van der Waals surface area (Å²) in [6.45, 7) is 1.32. The van der Waals surface area contributed by atoms with E-state index in [1.54, 1.807) is 0 Å². The number of carbonyl (C=O) groups is 1. The first kappa shape index (κ1) is 14.6. The van der Waals surface area contributed by atoms with Gasteiger partial charge in [-0.15, -0.1) is 0 Å². The summed E-state index contributed by atoms with van der Waals surface area (Å²) in [4.78, 5) is 11.9. The molecule has 0 radical (unpaired) electrons. The Balaban J connectivity index is 2.13. The third-order valence-corrected chi connectivity index (χ3v) is 3.25. The van der Waals surface area contributed by atoms with Crippen LogP contribution in [0.25, 0.3) is 0 Å². The van der Waals surface area contributed by atoms with E-state index in [0.29, 0.717) is 13.0 Å². The molecule has 0 aliphatic carbocycles. The van der Waals surface area contributed by atoms with Crippen LogP contribution in [-0.4, -0.2) is 24.1 Å². The van der Waals surface area contributed by atoms with Crippen molar-refractivity contribution in [2.75, 3.05) is 18.4 Å². The number of aromatic hydroxyl groups is 1. The largest absolute Gasteiger partial charge is 0.506 e. The number of piperidine rings is 1. The molecule has 0 bridgehead atoms. The third kappa shape index (κ3) is 3.41. The van der Waals surface area contributed by atoms with E-state index in [9.17, 15) is 23.1 Å². The predicted octanol–water partition coefficient (Wildman–Crippen LogP) is 2.35. The summed E-state index contributed by atoms with van der Waals surface area (Å²) in [5.41, 5.74) is -1.12. The van der Waals surface area contributed by atoms with Gasteiger partial charge in [0.2, 0.25) is 5.91 Å². The molecular weight excluding hydrogens is 273 g/mol. The van der Waals surface area contributed by atoms with Crippen molar-refractivity contribution >= 4 is 11.6 Å². The number of alkyl halides is 3. The molecular formula is C13H15F3N2O2. The SMILES string of the molecule is O=C(Nc1cc(C(F)(F)F)ccc1O)[C@@H]1CCCNC1. The van der Waals surface area contributed by atoms with Crippen LogP contribution >= 0.6 is 0 Å². The van der Waals surface area contributed by atoms with Crippen molar-refractivity contribution in [1.82, 2.24) is 5.32 Å². The summed E-state index contributed by atoms with van der Waals surface area (Å²) in [5.74, 6) is -1.06. The molecule has 1 aliphatic heterocycles. The lowest BCUT2D eigenvalue weighted by Crippen LogP contribution is -2.37. The number of hydrogen-bond acceptors (Lipinski definition) is 3. The monoisotopic (exact) mass is 288 g/mol. The Morgan fingerprint density at radius 2 is 2.15 bits per heavy atom. The zero-order chi connectivity index (χ0) is 14.8. The molecule has 1 atom stereocenters. The Morgan fingerprint density at radius 1 is 1.40 bits per heavy atom. The van der Waals surface area contributed by atoms with Crippen molar-refractivity contribution in [1.29, 1.82) is 0 Å². The molecule has 1 heterocycles. The first-order valence-electron chi connectivity index (χ1n) is 6.29. The Morgan fingerprint density at radius 3 is 2.75 bits per heavy atom. The average molecular weight is 288 g/mol. The first-order valence-corrected chi connectivity index (χ1v) is 6.29. The summed E-state index contributed by atoms with van der Waals surface area (Å²) in [6.07, 6.45) is -3.00. The minimum absolute atomic E-state index is 0.213. The second kappa shape index (κ2) is 5.70. The number of anilines is 1. The third-order valence-electron chi connectivity index (χ3n) is 3.25. The van der Waals surface area contributed by atoms with Gasteiger partial charge < -0.3 is 15.7 Å². The maximum Gasteiger partial charge on any atom is 0.416 e. The molecule has 1 saturated heterocycles. The van der Waals surface area contributed by atoms with Crippen LogP contribution in [0.4, 0.5) is 18.9 Å². The van der Waals surface area contributed by atoms with Crippen molar-refractivity contribution in [3.8, 4) is 5.75 Å². The number of phenols is 1. The molecule has 110 valence electrons. The van der Waals surface area contributed by atoms with E-state index in [-0.39, 0.29) is 23.3 Å². The lowest BCUT2D eigenvalue weighted by atomic mass is 9.98. The van der Waals surface area contributed by atoms with Crippen molar-refractivity contribution in [3.63, 3.8) is 0 Å². The van der Waals surface area contributed by atoms with Crippen LogP contribution in [-0.2, 0) is 11.0 Å². The highest BCUT2D eigenvalue weighted by Crippen LogP contribution is 2.34. The Bertz CT molecular complexity index is 497. The molecule has 4 nitrogen and oxygen atoms in total. The molecule has 2 rings (SSSR count). The van der Waals surface area contributed by atoms with E-state index in [1.807, 2.05) is 0 Å². The summed E-state index contributed by atoms with van der Waals surface area (Å²) in [6, 6.07) is 2.44. The van der Waals surface area contributed by atoms with E-state index in [4.69, 9.17) is 0 Å². The van der Waals surface area contributed by atoms with Gasteiger partial charge in [0, 0.05) is 6.54 Å². The Labute approximate surface area is 114 Å². The highest BCUT2D eigenvalue weighted by atomic mass is 19.4. The molecule has 7 heteroatoms. The van der Waals surface area contributed by atoms with Crippen molar-refractivity contribution in [2.45, 2.75) is 19.0 Å². The highest BCUT2D eigenvalue weighted by molar-refractivity contribution is 5.94. The fourth-order valence-electron chi connectivity index (χ4n) is 2.12. The normalized spacial score (nSPS) is 19.6. The smallest absolute Gasteiger partial charge is 0.416 e. The average Bonchev–Trinajstić information content (AvgIpc) is 2.41. The first-order chi connectivity index (χ1) is 9.38. The number of phenolic OH excluding ortho intramolecular Hbond substituents is 1. The van der Waals surface area contributed by atoms with Crippen LogP contribution in [0.15, 0.2) is 18.2 Å². The molecule has 1 fully saturated rings. The fourth-order valence-corrected chi connectivity index (χ4v) is 2.12. The maximum atomic E-state index is 12.6. The topological polar surface area (TPSA) is 61.4 Å². The quantitative estimate of drug-likeness (QED) is 0.732. The molecule has 20 heavy (non-hydrogen) atoms. The molecule has 0 saturated carbocycles. The standard InChI is InChI=1S/C13H15F3N2O2/c14-13(15,16)9-3-4-11(19)10(6-9)18-12(20)8-2-1-5-17-7-8/h3-4,6,8,17,19H,1-2,5,7H2,(H,18,20)/t8-/m1/s1. The predicted molar refractivity (Wildman–Crippen MR) is 67.3 cm³/mol. The number of rotatable bonds is 2. The van der Waals surface area contributed by atoms with Crippen LogP contribution in [0.3, 0.4) is 0 Å². The Hall–Kier alpha value is -1.76. The molecule has 0 spiro atoms. The molecule has 1 amide bonds. The van der Waals surface area contributed by atoms with Gasteiger partial charge in [-0.2, -0.15) is 13.2 Å². The molecule has 1 aromatic rings. The van der Waals surface area contributed by atoms with Crippen LogP contribution in [0.2, 0.25) is 0 Å². The summed E-state index contributed by atoms with van der Waals surface area (Å²) in [7, 11) is 0. The van der Waals surface area contributed by atoms with Gasteiger partial charge in [-0.05, 0) is 37.6 Å². The zero-order valence-electron chi connectivity index (χ0n) is 10.6. The molecule has 1 aromatic carbocycles. The van der Waals surface area contributed by atoms with Crippen LogP contribution in [0.1, 0.15) is 18.4 Å². The lowest BCUT2D eigenvalue weighted by molar-refractivity contribution is -0.137. The van der Waals surface area contributed by atoms with Crippen LogP contribution in [0, 0.1) is 5.92 Å². The van der Waals surface area contributed by atoms with Gasteiger partial charge in [0.05, 0.1) is 17.2 Å². The van der Waals surface area contributed by atoms with Crippen molar-refractivity contribution in [2.24, 2.45) is 5.92 Å². The van der Waals surface area contributed by atoms with Crippen molar-refractivity contribution < 1.29 is 23.1 Å². The summed E-state index contributed by atoms with van der Waals surface area (Å²) < 4.78 is 37.8. The molecule has 0 aromatic heterocycles. The van der Waals surface area contributed by atoms with E-state index in [1.165, 1.54) is 0 Å². The fraction of sp³-hybridized carbons (Fsp3) is 0.462.